The van der Waals surface area contributed by atoms with E-state index < -0.39 is 24.1 Å². The van der Waals surface area contributed by atoms with Gasteiger partial charge in [-0.25, -0.2) is 9.59 Å². The monoisotopic (exact) mass is 508 g/mol. The number of unbranched alkanes of at least 4 members (excludes halogenated alkanes) is 6. The van der Waals surface area contributed by atoms with Gasteiger partial charge in [-0.2, -0.15) is 0 Å². The minimum atomic E-state index is -1.15. The Morgan fingerprint density at radius 3 is 1.36 bits per heavy atom. The maximum atomic E-state index is 11.7. The van der Waals surface area contributed by atoms with Gasteiger partial charge in [0, 0.05) is 25.9 Å². The zero-order chi connectivity index (χ0) is 27.0. The van der Waals surface area contributed by atoms with Crippen LogP contribution in [-0.2, 0) is 19.1 Å². The van der Waals surface area contributed by atoms with Crippen molar-refractivity contribution >= 4 is 24.1 Å². The molecule has 36 heavy (non-hydrogen) atoms. The summed E-state index contributed by atoms with van der Waals surface area (Å²) in [5.41, 5.74) is 0. The molecular weight excluding hydrogens is 468 g/mol. The molecule has 10 nitrogen and oxygen atoms in total. The van der Waals surface area contributed by atoms with Gasteiger partial charge in [-0.05, 0) is 50.4 Å². The van der Waals surface area contributed by atoms with Crippen molar-refractivity contribution in [3.63, 3.8) is 0 Å². The molecular formula is C26H40N2O8. The molecule has 0 radical (unpaired) electrons. The molecule has 2 amide bonds. The molecule has 0 atom stereocenters. The van der Waals surface area contributed by atoms with Gasteiger partial charge in [0.05, 0.1) is 13.2 Å². The van der Waals surface area contributed by atoms with Gasteiger partial charge in [0.2, 0.25) is 0 Å². The maximum absolute atomic E-state index is 11.7. The molecule has 0 aromatic carbocycles. The first kappa shape index (κ1) is 32.6. The Labute approximate surface area is 214 Å². The summed E-state index contributed by atoms with van der Waals surface area (Å²) in [6.45, 7) is 4.47. The normalized spacial score (nSPS) is 9.72. The zero-order valence-corrected chi connectivity index (χ0v) is 21.6. The number of nitrogens with zero attached hydrogens (tertiary/aromatic N) is 2. The van der Waals surface area contributed by atoms with Crippen molar-refractivity contribution in [3.05, 3.63) is 0 Å². The summed E-state index contributed by atoms with van der Waals surface area (Å²) in [6, 6.07) is 0. The molecule has 0 rings (SSSR count). The quantitative estimate of drug-likeness (QED) is 0.161. The van der Waals surface area contributed by atoms with Gasteiger partial charge in [-0.1, -0.05) is 38.5 Å². The SMILES string of the molecule is CCCCOC(=O)CN(CCCCC#CC#CCCCCN(CC(=O)OCCCC)C(=O)O)C(=O)O. The van der Waals surface area contributed by atoms with Crippen molar-refractivity contribution in [1.82, 2.24) is 9.80 Å². The van der Waals surface area contributed by atoms with Crippen LogP contribution in [-0.4, -0.2) is 83.5 Å². The first-order valence-corrected chi connectivity index (χ1v) is 12.5. The minimum absolute atomic E-state index is 0.232. The van der Waals surface area contributed by atoms with E-state index in [0.29, 0.717) is 51.7 Å². The molecule has 202 valence electrons. The fourth-order valence-electron chi connectivity index (χ4n) is 2.79. The largest absolute Gasteiger partial charge is 0.465 e. The van der Waals surface area contributed by atoms with Crippen molar-refractivity contribution in [2.24, 2.45) is 0 Å². The highest BCUT2D eigenvalue weighted by atomic mass is 16.5. The molecule has 0 aliphatic carbocycles. The lowest BCUT2D eigenvalue weighted by atomic mass is 10.2. The van der Waals surface area contributed by atoms with Crippen LogP contribution in [0.25, 0.3) is 0 Å². The molecule has 0 heterocycles. The average Bonchev–Trinajstić information content (AvgIpc) is 2.83. The molecule has 0 aromatic heterocycles. The van der Waals surface area contributed by atoms with Crippen molar-refractivity contribution < 1.29 is 38.9 Å². The number of carbonyl (C=O) groups is 4. The third kappa shape index (κ3) is 19.0. The first-order chi connectivity index (χ1) is 17.3. The van der Waals surface area contributed by atoms with E-state index in [1.807, 2.05) is 13.8 Å². The van der Waals surface area contributed by atoms with Crippen LogP contribution in [0.4, 0.5) is 9.59 Å². The minimum Gasteiger partial charge on any atom is -0.465 e. The summed E-state index contributed by atoms with van der Waals surface area (Å²) >= 11 is 0. The van der Waals surface area contributed by atoms with Gasteiger partial charge in [0.15, 0.2) is 0 Å². The van der Waals surface area contributed by atoms with Gasteiger partial charge < -0.3 is 19.7 Å². The number of rotatable bonds is 18. The van der Waals surface area contributed by atoms with Gasteiger partial charge in [-0.3, -0.25) is 19.4 Å². The van der Waals surface area contributed by atoms with Crippen LogP contribution >= 0.6 is 0 Å². The summed E-state index contributed by atoms with van der Waals surface area (Å²) in [4.78, 5) is 48.0. The van der Waals surface area contributed by atoms with Crippen LogP contribution in [0, 0.1) is 23.7 Å². The van der Waals surface area contributed by atoms with Crippen molar-refractivity contribution in [3.8, 4) is 23.7 Å². The third-order valence-electron chi connectivity index (χ3n) is 4.90. The predicted octanol–water partition coefficient (Wildman–Crippen LogP) is 3.98. The lowest BCUT2D eigenvalue weighted by Gasteiger charge is -2.17. The lowest BCUT2D eigenvalue weighted by Crippen LogP contribution is -2.36. The standard InChI is InChI=1S/C26H40N2O8/c1-3-5-19-35-23(29)21-27(25(31)32)17-15-13-11-9-7-8-10-12-14-16-18-28(26(33)34)22-24(30)36-20-6-4-2/h3-6,11-22H2,1-2H3,(H,31,32)(H,33,34). The van der Waals surface area contributed by atoms with E-state index >= 15 is 0 Å². The molecule has 0 spiro atoms. The van der Waals surface area contributed by atoms with E-state index in [2.05, 4.69) is 23.7 Å². The molecule has 0 fully saturated rings. The summed E-state index contributed by atoms with van der Waals surface area (Å²) in [7, 11) is 0. The number of carboxylic acid groups (broad SMARTS) is 2. The smallest absolute Gasteiger partial charge is 0.407 e. The van der Waals surface area contributed by atoms with Gasteiger partial charge in [0.25, 0.3) is 0 Å². The lowest BCUT2D eigenvalue weighted by molar-refractivity contribution is -0.145. The molecule has 0 bridgehead atoms. The van der Waals surface area contributed by atoms with Crippen LogP contribution in [0.5, 0.6) is 0 Å². The number of hydrogen-bond acceptors (Lipinski definition) is 6. The van der Waals surface area contributed by atoms with Crippen LogP contribution in [0.3, 0.4) is 0 Å². The summed E-state index contributed by atoms with van der Waals surface area (Å²) in [6.07, 6.45) is 4.60. The molecule has 2 N–H and O–H groups in total. The molecule has 10 heteroatoms. The highest BCUT2D eigenvalue weighted by molar-refractivity contribution is 5.77. The van der Waals surface area contributed by atoms with Crippen molar-refractivity contribution in [2.45, 2.75) is 78.1 Å². The van der Waals surface area contributed by atoms with Crippen LogP contribution in [0.2, 0.25) is 0 Å². The topological polar surface area (TPSA) is 134 Å². The Bertz CT molecular complexity index is 725. The number of ether oxygens (including phenoxy) is 2. The van der Waals surface area contributed by atoms with E-state index in [0.717, 1.165) is 35.5 Å². The van der Waals surface area contributed by atoms with Gasteiger partial charge in [0.1, 0.15) is 13.1 Å². The summed E-state index contributed by atoms with van der Waals surface area (Å²) in [5, 5.41) is 18.4. The number of carbonyl (C=O) groups excluding carboxylic acids is 2. The molecule has 0 aliphatic heterocycles. The fourth-order valence-corrected chi connectivity index (χ4v) is 2.79. The Morgan fingerprint density at radius 1 is 0.639 bits per heavy atom. The second-order valence-electron chi connectivity index (χ2n) is 8.07. The maximum Gasteiger partial charge on any atom is 0.407 e. The molecule has 0 aromatic rings. The van der Waals surface area contributed by atoms with E-state index in [9.17, 15) is 29.4 Å². The molecule has 0 aliphatic rings. The fraction of sp³-hybridized carbons (Fsp3) is 0.692. The van der Waals surface area contributed by atoms with Gasteiger partial charge in [-0.15, -0.1) is 0 Å². The van der Waals surface area contributed by atoms with Crippen molar-refractivity contribution in [1.29, 1.82) is 0 Å². The Kier molecular flexibility index (Phi) is 20.0. The van der Waals surface area contributed by atoms with Crippen LogP contribution in [0.1, 0.15) is 78.1 Å². The van der Waals surface area contributed by atoms with Crippen LogP contribution < -0.4 is 0 Å². The van der Waals surface area contributed by atoms with E-state index in [1.165, 1.54) is 0 Å². The Morgan fingerprint density at radius 2 is 1.03 bits per heavy atom. The van der Waals surface area contributed by atoms with E-state index in [4.69, 9.17) is 9.47 Å². The zero-order valence-electron chi connectivity index (χ0n) is 21.6. The number of amides is 2. The third-order valence-corrected chi connectivity index (χ3v) is 4.90. The summed E-state index contributed by atoms with van der Waals surface area (Å²) < 4.78 is 9.99. The Hall–Kier alpha value is -3.40. The van der Waals surface area contributed by atoms with Gasteiger partial charge >= 0.3 is 24.1 Å². The first-order valence-electron chi connectivity index (χ1n) is 12.5. The predicted molar refractivity (Wildman–Crippen MR) is 134 cm³/mol. The molecule has 0 saturated heterocycles. The van der Waals surface area contributed by atoms with E-state index in [1.54, 1.807) is 0 Å². The van der Waals surface area contributed by atoms with Crippen LogP contribution in [0.15, 0.2) is 0 Å². The highest BCUT2D eigenvalue weighted by Crippen LogP contribution is 2.02. The molecule has 0 unspecified atom stereocenters. The highest BCUT2D eigenvalue weighted by Gasteiger charge is 2.17. The molecule has 0 saturated carbocycles. The second-order valence-corrected chi connectivity index (χ2v) is 8.07. The number of esters is 2. The van der Waals surface area contributed by atoms with Crippen molar-refractivity contribution in [2.75, 3.05) is 39.4 Å². The number of hydrogen-bond donors (Lipinski definition) is 2. The second kappa shape index (κ2) is 22.1. The Balaban J connectivity index is 4.06. The summed E-state index contributed by atoms with van der Waals surface area (Å²) in [5.74, 6) is 10.2. The average molecular weight is 509 g/mol. The van der Waals surface area contributed by atoms with E-state index in [-0.39, 0.29) is 26.2 Å².